The van der Waals surface area contributed by atoms with E-state index in [1.165, 1.54) is 20.9 Å². The highest BCUT2D eigenvalue weighted by atomic mass is 32.2. The first-order valence-corrected chi connectivity index (χ1v) is 11.6. The molecule has 10 heteroatoms. The number of amides is 1. The Balaban J connectivity index is 1.47. The van der Waals surface area contributed by atoms with Crippen molar-refractivity contribution in [3.8, 4) is 17.5 Å². The van der Waals surface area contributed by atoms with Gasteiger partial charge in [-0.3, -0.25) is 9.32 Å². The Kier molecular flexibility index (Phi) is 6.15. The largest absolute Gasteiger partial charge is 0.497 e. The zero-order chi connectivity index (χ0) is 22.0. The number of nitriles is 1. The number of hydrogen-bond donors (Lipinski definition) is 2. The molecule has 3 aromatic rings. The molecule has 0 fully saturated rings. The first-order valence-electron chi connectivity index (χ1n) is 9.75. The molecule has 1 amide bonds. The van der Waals surface area contributed by atoms with E-state index in [0.29, 0.717) is 27.9 Å². The molecule has 0 saturated heterocycles. The smallest absolute Gasteiger partial charge is 0.442 e. The topological polar surface area (TPSA) is 112 Å². The lowest BCUT2D eigenvalue weighted by atomic mass is 9.89. The molecule has 1 aliphatic rings. The predicted octanol–water partition coefficient (Wildman–Crippen LogP) is 3.04. The fourth-order valence-corrected chi connectivity index (χ4v) is 5.69. The number of anilines is 1. The fraction of sp³-hybridized carbons (Fsp3) is 0.333. The van der Waals surface area contributed by atoms with E-state index in [0.717, 1.165) is 36.6 Å². The van der Waals surface area contributed by atoms with Crippen molar-refractivity contribution >= 4 is 34.0 Å². The predicted molar refractivity (Wildman–Crippen MR) is 117 cm³/mol. The van der Waals surface area contributed by atoms with Gasteiger partial charge in [0.2, 0.25) is 11.6 Å². The summed E-state index contributed by atoms with van der Waals surface area (Å²) >= 11 is 2.55. The zero-order valence-corrected chi connectivity index (χ0v) is 18.7. The summed E-state index contributed by atoms with van der Waals surface area (Å²) in [7, 11) is 1.57. The highest BCUT2D eigenvalue weighted by molar-refractivity contribution is 7.99. The minimum atomic E-state index is -0.563. The first-order chi connectivity index (χ1) is 15.0. The molecule has 8 nitrogen and oxygen atoms in total. The molecule has 0 spiro atoms. The molecule has 0 aliphatic heterocycles. The highest BCUT2D eigenvalue weighted by Gasteiger charge is 2.27. The summed E-state index contributed by atoms with van der Waals surface area (Å²) in [5.41, 5.74) is 1.74. The Hall–Kier alpha value is -3.03. The molecule has 1 aliphatic carbocycles. The third-order valence-electron chi connectivity index (χ3n) is 5.15. The molecule has 1 atom stereocenters. The number of aromatic amines is 1. The number of ether oxygens (including phenoxy) is 1. The minimum absolute atomic E-state index is 0.00259. The van der Waals surface area contributed by atoms with Crippen molar-refractivity contribution in [2.24, 2.45) is 5.92 Å². The summed E-state index contributed by atoms with van der Waals surface area (Å²) in [5, 5.41) is 15.8. The van der Waals surface area contributed by atoms with Crippen LogP contribution in [0.25, 0.3) is 5.69 Å². The number of methoxy groups -OCH3 is 1. The maximum atomic E-state index is 12.6. The van der Waals surface area contributed by atoms with Crippen molar-refractivity contribution in [3.05, 3.63) is 50.7 Å². The van der Waals surface area contributed by atoms with Gasteiger partial charge in [0.25, 0.3) is 0 Å². The van der Waals surface area contributed by atoms with Gasteiger partial charge in [-0.15, -0.1) is 11.3 Å². The van der Waals surface area contributed by atoms with Gasteiger partial charge in [0, 0.05) is 17.0 Å². The molecular formula is C21H21N4O4S2+. The number of nitrogens with zero attached hydrogens (tertiary/aromatic N) is 2. The Labute approximate surface area is 186 Å². The van der Waals surface area contributed by atoms with E-state index in [1.807, 2.05) is 0 Å². The lowest BCUT2D eigenvalue weighted by molar-refractivity contribution is -0.704. The fourth-order valence-electron chi connectivity index (χ4n) is 3.54. The summed E-state index contributed by atoms with van der Waals surface area (Å²) in [6.07, 6.45) is 2.86. The Bertz CT molecular complexity index is 1200. The van der Waals surface area contributed by atoms with Crippen LogP contribution in [0.15, 0.2) is 38.6 Å². The number of fused-ring (bicyclic) bond motifs is 1. The summed E-state index contributed by atoms with van der Waals surface area (Å²) in [5.74, 6) is 0.987. The normalized spacial score (nSPS) is 15.2. The van der Waals surface area contributed by atoms with Crippen molar-refractivity contribution < 1.29 is 18.7 Å². The molecule has 1 unspecified atom stereocenters. The monoisotopic (exact) mass is 457 g/mol. The van der Waals surface area contributed by atoms with Gasteiger partial charge in [0.1, 0.15) is 16.8 Å². The number of nitrogens with one attached hydrogen (secondary N) is 2. The highest BCUT2D eigenvalue weighted by Crippen LogP contribution is 2.39. The van der Waals surface area contributed by atoms with E-state index >= 15 is 0 Å². The second-order valence-corrected chi connectivity index (χ2v) is 9.39. The van der Waals surface area contributed by atoms with Gasteiger partial charge in [-0.25, -0.2) is 4.79 Å². The van der Waals surface area contributed by atoms with Crippen molar-refractivity contribution in [1.82, 2.24) is 5.27 Å². The van der Waals surface area contributed by atoms with Gasteiger partial charge in [0.05, 0.1) is 18.4 Å². The number of H-pyrrole nitrogens is 1. The van der Waals surface area contributed by atoms with Crippen LogP contribution in [0.4, 0.5) is 5.00 Å². The zero-order valence-electron chi connectivity index (χ0n) is 17.1. The molecule has 31 heavy (non-hydrogen) atoms. The molecular weight excluding hydrogens is 436 g/mol. The Morgan fingerprint density at radius 3 is 2.94 bits per heavy atom. The summed E-state index contributed by atoms with van der Waals surface area (Å²) < 4.78 is 11.5. The molecule has 160 valence electrons. The average molecular weight is 458 g/mol. The first kappa shape index (κ1) is 21.2. The van der Waals surface area contributed by atoms with E-state index < -0.39 is 5.63 Å². The Morgan fingerprint density at radius 1 is 1.45 bits per heavy atom. The van der Waals surface area contributed by atoms with Crippen LogP contribution in [0, 0.1) is 17.2 Å². The van der Waals surface area contributed by atoms with Crippen LogP contribution in [0.3, 0.4) is 0 Å². The minimum Gasteiger partial charge on any atom is -0.497 e. The second kappa shape index (κ2) is 8.99. The third-order valence-corrected chi connectivity index (χ3v) is 7.35. The number of aromatic nitrogens is 2. The molecule has 0 radical (unpaired) electrons. The number of thioether (sulfide) groups is 1. The van der Waals surface area contributed by atoms with Crippen molar-refractivity contribution in [2.45, 2.75) is 31.2 Å². The summed E-state index contributed by atoms with van der Waals surface area (Å²) in [6, 6.07) is 9.31. The third kappa shape index (κ3) is 4.38. The standard InChI is InChI=1S/C21H20N4O4S2/c1-12-3-8-15-16(10-22)19(31-17(15)9-12)23-18(26)11-30-20-21(27)29-24-25(20)13-4-6-14(28-2)7-5-13/h4-7,12H,3,8-9,11H2,1-2H3,(H-,23,24,26,27)/p+1. The van der Waals surface area contributed by atoms with Gasteiger partial charge in [-0.2, -0.15) is 5.26 Å². The number of rotatable bonds is 6. The van der Waals surface area contributed by atoms with Gasteiger partial charge >= 0.3 is 10.7 Å². The second-order valence-electron chi connectivity index (χ2n) is 7.32. The molecule has 2 heterocycles. The van der Waals surface area contributed by atoms with Crippen LogP contribution >= 0.6 is 23.1 Å². The molecule has 1 aromatic carbocycles. The molecule has 0 bridgehead atoms. The number of carbonyl (C=O) groups excluding carboxylic acids is 1. The number of hydrogen-bond acceptors (Lipinski definition) is 7. The van der Waals surface area contributed by atoms with E-state index in [1.54, 1.807) is 31.4 Å². The van der Waals surface area contributed by atoms with Gasteiger partial charge in [-0.1, -0.05) is 6.92 Å². The van der Waals surface area contributed by atoms with Crippen molar-refractivity contribution in [1.29, 1.82) is 5.26 Å². The maximum absolute atomic E-state index is 12.6. The van der Waals surface area contributed by atoms with Gasteiger partial charge in [-0.05, 0) is 64.6 Å². The molecule has 4 rings (SSSR count). The van der Waals surface area contributed by atoms with E-state index in [4.69, 9.17) is 9.26 Å². The Morgan fingerprint density at radius 2 is 2.23 bits per heavy atom. The lowest BCUT2D eigenvalue weighted by Gasteiger charge is -2.17. The lowest BCUT2D eigenvalue weighted by Crippen LogP contribution is -2.36. The van der Waals surface area contributed by atoms with E-state index in [2.05, 4.69) is 23.6 Å². The molecule has 2 N–H and O–H groups in total. The average Bonchev–Trinajstić information content (AvgIpc) is 3.31. The van der Waals surface area contributed by atoms with E-state index in [-0.39, 0.29) is 16.7 Å². The van der Waals surface area contributed by atoms with Crippen LogP contribution in [0.2, 0.25) is 0 Å². The van der Waals surface area contributed by atoms with Crippen LogP contribution < -0.4 is 20.4 Å². The molecule has 2 aromatic heterocycles. The van der Waals surface area contributed by atoms with E-state index in [9.17, 15) is 14.9 Å². The van der Waals surface area contributed by atoms with Crippen LogP contribution in [-0.4, -0.2) is 24.0 Å². The SMILES string of the molecule is COc1ccc(-[n+]2[nH]oc(=O)c2SCC(=O)Nc2sc3c(c2C#N)CCC(C)C3)cc1. The number of benzene rings is 1. The van der Waals surface area contributed by atoms with Gasteiger partial charge in [0.15, 0.2) is 0 Å². The number of thiophene rings is 1. The van der Waals surface area contributed by atoms with Crippen LogP contribution in [0.5, 0.6) is 5.75 Å². The summed E-state index contributed by atoms with van der Waals surface area (Å²) in [4.78, 5) is 25.9. The maximum Gasteiger partial charge on any atom is 0.442 e. The van der Waals surface area contributed by atoms with Crippen molar-refractivity contribution in [3.63, 3.8) is 0 Å². The van der Waals surface area contributed by atoms with Crippen LogP contribution in [0.1, 0.15) is 29.3 Å². The summed E-state index contributed by atoms with van der Waals surface area (Å²) in [6.45, 7) is 2.20. The molecule has 0 saturated carbocycles. The quantitative estimate of drug-likeness (QED) is 0.435. The van der Waals surface area contributed by atoms with Gasteiger partial charge < -0.3 is 10.1 Å². The number of carbonyl (C=O) groups is 1. The van der Waals surface area contributed by atoms with Crippen molar-refractivity contribution in [2.75, 3.05) is 18.2 Å². The van der Waals surface area contributed by atoms with Crippen LogP contribution in [-0.2, 0) is 17.6 Å².